The van der Waals surface area contributed by atoms with Gasteiger partial charge in [0, 0.05) is 39.1 Å². The highest BCUT2D eigenvalue weighted by Gasteiger charge is 2.52. The molecule has 6 nitrogen and oxygen atoms in total. The summed E-state index contributed by atoms with van der Waals surface area (Å²) in [7, 11) is 1.46. The summed E-state index contributed by atoms with van der Waals surface area (Å²) in [6.45, 7) is 4.33. The highest BCUT2D eigenvalue weighted by Crippen LogP contribution is 2.46. The van der Waals surface area contributed by atoms with Crippen LogP contribution in [0.25, 0.3) is 0 Å². The van der Waals surface area contributed by atoms with Crippen LogP contribution in [0.4, 0.5) is 4.39 Å². The molecule has 3 fully saturated rings. The molecule has 0 radical (unpaired) electrons. The zero-order chi connectivity index (χ0) is 19.7. The molecule has 1 aromatic rings. The van der Waals surface area contributed by atoms with Gasteiger partial charge in [0.2, 0.25) is 11.8 Å². The fourth-order valence-corrected chi connectivity index (χ4v) is 4.80. The number of ether oxygens (including phenoxy) is 1. The van der Waals surface area contributed by atoms with Crippen molar-refractivity contribution in [1.29, 1.82) is 0 Å². The number of methoxy groups -OCH3 is 1. The zero-order valence-corrected chi connectivity index (χ0v) is 16.5. The molecule has 7 heteroatoms. The number of imide groups is 1. The van der Waals surface area contributed by atoms with E-state index in [0.29, 0.717) is 19.6 Å². The molecule has 0 unspecified atom stereocenters. The van der Waals surface area contributed by atoms with E-state index in [1.165, 1.54) is 18.1 Å². The molecule has 2 amide bonds. The number of benzene rings is 1. The van der Waals surface area contributed by atoms with Gasteiger partial charge >= 0.3 is 0 Å². The summed E-state index contributed by atoms with van der Waals surface area (Å²) in [6, 6.07) is 5.06. The summed E-state index contributed by atoms with van der Waals surface area (Å²) in [5, 5.41) is 0. The quantitative estimate of drug-likeness (QED) is 0.723. The fourth-order valence-electron chi connectivity index (χ4n) is 4.80. The number of hydrogen-bond acceptors (Lipinski definition) is 5. The molecule has 2 saturated heterocycles. The van der Waals surface area contributed by atoms with Gasteiger partial charge in [-0.05, 0) is 30.5 Å². The lowest BCUT2D eigenvalue weighted by Gasteiger charge is -2.36. The average Bonchev–Trinajstić information content (AvgIpc) is 3.24. The Balaban J connectivity index is 1.29. The predicted octanol–water partition coefficient (Wildman–Crippen LogP) is 2.23. The molecule has 0 atom stereocenters. The summed E-state index contributed by atoms with van der Waals surface area (Å²) < 4.78 is 18.8. The van der Waals surface area contributed by atoms with Gasteiger partial charge in [0.05, 0.1) is 19.2 Å². The molecule has 0 N–H and O–H groups in total. The molecule has 2 aliphatic heterocycles. The largest absolute Gasteiger partial charge is 0.494 e. The molecule has 28 heavy (non-hydrogen) atoms. The van der Waals surface area contributed by atoms with Gasteiger partial charge in [0.1, 0.15) is 0 Å². The standard InChI is InChI=1S/C21H28FN3O3/c1-28-18-5-4-16(12-17(18)22)14-23-8-10-24(11-9-23)15-25-19(26)13-21(20(25)27)6-2-3-7-21/h4-5,12H,2-3,6-11,13-15H2,1H3. The van der Waals surface area contributed by atoms with Crippen LogP contribution >= 0.6 is 0 Å². The summed E-state index contributed by atoms with van der Waals surface area (Å²) in [5.74, 6) is -0.0479. The number of hydrogen-bond donors (Lipinski definition) is 0. The van der Waals surface area contributed by atoms with Crippen LogP contribution in [0.15, 0.2) is 18.2 Å². The number of halogens is 1. The zero-order valence-electron chi connectivity index (χ0n) is 16.5. The molecular formula is C21H28FN3O3. The van der Waals surface area contributed by atoms with Gasteiger partial charge in [0.25, 0.3) is 0 Å². The van der Waals surface area contributed by atoms with Crippen molar-refractivity contribution in [2.45, 2.75) is 38.6 Å². The van der Waals surface area contributed by atoms with Crippen molar-refractivity contribution in [1.82, 2.24) is 14.7 Å². The highest BCUT2D eigenvalue weighted by atomic mass is 19.1. The van der Waals surface area contributed by atoms with Gasteiger partial charge in [-0.1, -0.05) is 18.9 Å². The maximum atomic E-state index is 13.9. The SMILES string of the molecule is COc1ccc(CN2CCN(CN3C(=O)CC4(CCCC4)C3=O)CC2)cc1F. The van der Waals surface area contributed by atoms with Gasteiger partial charge in [-0.25, -0.2) is 4.39 Å². The highest BCUT2D eigenvalue weighted by molar-refractivity contribution is 6.06. The summed E-state index contributed by atoms with van der Waals surface area (Å²) in [5.41, 5.74) is 0.525. The van der Waals surface area contributed by atoms with Gasteiger partial charge < -0.3 is 4.74 Å². The predicted molar refractivity (Wildman–Crippen MR) is 102 cm³/mol. The molecule has 4 rings (SSSR count). The number of carbonyl (C=O) groups is 2. The first-order valence-electron chi connectivity index (χ1n) is 10.1. The maximum Gasteiger partial charge on any atom is 0.237 e. The number of amides is 2. The maximum absolute atomic E-state index is 13.9. The molecule has 0 bridgehead atoms. The number of piperazine rings is 1. The van der Waals surface area contributed by atoms with Crippen LogP contribution in [0.2, 0.25) is 0 Å². The summed E-state index contributed by atoms with van der Waals surface area (Å²) in [4.78, 5) is 31.2. The van der Waals surface area contributed by atoms with E-state index >= 15 is 0 Å². The Morgan fingerprint density at radius 1 is 1.07 bits per heavy atom. The Morgan fingerprint density at radius 3 is 2.39 bits per heavy atom. The Bertz CT molecular complexity index is 755. The second-order valence-corrected chi connectivity index (χ2v) is 8.30. The van der Waals surface area contributed by atoms with Crippen molar-refractivity contribution < 1.29 is 18.7 Å². The second-order valence-electron chi connectivity index (χ2n) is 8.30. The summed E-state index contributed by atoms with van der Waals surface area (Å²) >= 11 is 0. The van der Waals surface area contributed by atoms with Gasteiger partial charge in [-0.2, -0.15) is 0 Å². The molecule has 3 aliphatic rings. The van der Waals surface area contributed by atoms with E-state index in [0.717, 1.165) is 57.4 Å². The Hall–Kier alpha value is -1.99. The topological polar surface area (TPSA) is 53.1 Å². The second kappa shape index (κ2) is 7.79. The van der Waals surface area contributed by atoms with Crippen LogP contribution in [0.3, 0.4) is 0 Å². The third-order valence-electron chi connectivity index (χ3n) is 6.48. The average molecular weight is 389 g/mol. The van der Waals surface area contributed by atoms with Crippen LogP contribution in [-0.2, 0) is 16.1 Å². The number of likely N-dealkylation sites (tertiary alicyclic amines) is 1. The third kappa shape index (κ3) is 3.65. The van der Waals surface area contributed by atoms with Crippen LogP contribution in [-0.4, -0.2) is 66.5 Å². The van der Waals surface area contributed by atoms with Crippen LogP contribution in [0.1, 0.15) is 37.7 Å². The molecule has 152 valence electrons. The molecule has 2 heterocycles. The van der Waals surface area contributed by atoms with Crippen molar-refractivity contribution >= 4 is 11.8 Å². The number of carbonyl (C=O) groups excluding carboxylic acids is 2. The molecular weight excluding hydrogens is 361 g/mol. The Kier molecular flexibility index (Phi) is 5.38. The van der Waals surface area contributed by atoms with E-state index in [1.807, 2.05) is 6.07 Å². The van der Waals surface area contributed by atoms with Crippen molar-refractivity contribution in [3.63, 3.8) is 0 Å². The van der Waals surface area contributed by atoms with Crippen molar-refractivity contribution in [3.05, 3.63) is 29.6 Å². The van der Waals surface area contributed by atoms with E-state index in [-0.39, 0.29) is 23.4 Å². The first kappa shape index (κ1) is 19.3. The minimum atomic E-state index is -0.392. The first-order chi connectivity index (χ1) is 13.5. The third-order valence-corrected chi connectivity index (χ3v) is 6.48. The minimum Gasteiger partial charge on any atom is -0.494 e. The molecule has 0 aromatic heterocycles. The normalized spacial score (nSPS) is 23.1. The lowest BCUT2D eigenvalue weighted by atomic mass is 9.85. The van der Waals surface area contributed by atoms with E-state index in [4.69, 9.17) is 4.74 Å². The first-order valence-corrected chi connectivity index (χ1v) is 10.1. The van der Waals surface area contributed by atoms with E-state index in [2.05, 4.69) is 9.80 Å². The minimum absolute atomic E-state index is 0.0111. The lowest BCUT2D eigenvalue weighted by Crippen LogP contribution is -2.51. The van der Waals surface area contributed by atoms with E-state index in [9.17, 15) is 14.0 Å². The van der Waals surface area contributed by atoms with Gasteiger partial charge in [0.15, 0.2) is 11.6 Å². The number of nitrogens with zero attached hydrogens (tertiary/aromatic N) is 3. The van der Waals surface area contributed by atoms with Crippen LogP contribution < -0.4 is 4.74 Å². The van der Waals surface area contributed by atoms with Crippen molar-refractivity contribution in [3.8, 4) is 5.75 Å². The number of rotatable bonds is 5. The van der Waals surface area contributed by atoms with Gasteiger partial charge in [-0.15, -0.1) is 0 Å². The Labute approximate surface area is 165 Å². The molecule has 1 saturated carbocycles. The van der Waals surface area contributed by atoms with Crippen molar-refractivity contribution in [2.75, 3.05) is 40.0 Å². The fraction of sp³-hybridized carbons (Fsp3) is 0.619. The molecule has 1 aliphatic carbocycles. The van der Waals surface area contributed by atoms with Crippen molar-refractivity contribution in [2.24, 2.45) is 5.41 Å². The van der Waals surface area contributed by atoms with E-state index < -0.39 is 5.41 Å². The molecule has 1 aromatic carbocycles. The van der Waals surface area contributed by atoms with Crippen LogP contribution in [0.5, 0.6) is 5.75 Å². The summed E-state index contributed by atoms with van der Waals surface area (Å²) in [6.07, 6.45) is 4.23. The Morgan fingerprint density at radius 2 is 1.75 bits per heavy atom. The molecule has 1 spiro atoms. The lowest BCUT2D eigenvalue weighted by molar-refractivity contribution is -0.144. The monoisotopic (exact) mass is 389 g/mol. The van der Waals surface area contributed by atoms with Gasteiger partial charge in [-0.3, -0.25) is 24.3 Å². The smallest absolute Gasteiger partial charge is 0.237 e. The van der Waals surface area contributed by atoms with E-state index in [1.54, 1.807) is 6.07 Å². The van der Waals surface area contributed by atoms with Crippen LogP contribution in [0, 0.1) is 11.2 Å².